The van der Waals surface area contributed by atoms with Gasteiger partial charge in [-0.25, -0.2) is 0 Å². The molecule has 0 aliphatic heterocycles. The van der Waals surface area contributed by atoms with Gasteiger partial charge in [0.25, 0.3) is 0 Å². The van der Waals surface area contributed by atoms with E-state index in [2.05, 4.69) is 27.7 Å². The van der Waals surface area contributed by atoms with Crippen molar-refractivity contribution in [1.29, 1.82) is 0 Å². The molecule has 0 radical (unpaired) electrons. The van der Waals surface area contributed by atoms with Crippen molar-refractivity contribution in [3.8, 4) is 0 Å². The fourth-order valence-corrected chi connectivity index (χ4v) is 11.8. The molecule has 1 unspecified atom stereocenters. The van der Waals surface area contributed by atoms with E-state index >= 15 is 0 Å². The minimum atomic E-state index is -2.49. The van der Waals surface area contributed by atoms with Gasteiger partial charge in [0.1, 0.15) is 0 Å². The molecule has 0 bridgehead atoms. The minimum absolute atomic E-state index is 0.0903. The predicted molar refractivity (Wildman–Crippen MR) is 355 cm³/mol. The van der Waals surface area contributed by atoms with Crippen molar-refractivity contribution in [3.05, 3.63) is 0 Å². The van der Waals surface area contributed by atoms with Gasteiger partial charge in [-0.3, -0.25) is 19.2 Å². The average molecular weight is 1170 g/mol. The standard InChI is InChI=1S/C75H144O8/c1-6-10-14-18-22-26-30-34-38-42-46-50-54-58-62-66-71(76)80-70(5)75(81-72(77)67-63-59-55-51-47-43-39-35-31-27-23-19-15-11-7-2,82-73(78)68-64-60-56-52-48-44-40-36-32-28-24-20-16-12-8-3)83-74(79)69-65-61-57-53-49-45-41-37-33-29-25-21-17-13-9-4/h70H,6-69H2,1-5H3. The molecule has 0 rings (SSSR count). The zero-order valence-electron chi connectivity index (χ0n) is 56.6. The van der Waals surface area contributed by atoms with Gasteiger partial charge in [-0.05, 0) is 32.6 Å². The Kier molecular flexibility index (Phi) is 64.2. The highest BCUT2D eigenvalue weighted by Crippen LogP contribution is 2.29. The number of ether oxygens (including phenoxy) is 4. The number of carbonyl (C=O) groups is 4. The summed E-state index contributed by atoms with van der Waals surface area (Å²) < 4.78 is 24.1. The van der Waals surface area contributed by atoms with Crippen LogP contribution in [-0.4, -0.2) is 36.0 Å². The van der Waals surface area contributed by atoms with Gasteiger partial charge >= 0.3 is 29.9 Å². The number of hydrogen-bond donors (Lipinski definition) is 0. The van der Waals surface area contributed by atoms with E-state index in [4.69, 9.17) is 18.9 Å². The molecule has 0 saturated heterocycles. The lowest BCUT2D eigenvalue weighted by Crippen LogP contribution is -2.54. The molecule has 0 aliphatic carbocycles. The Morgan fingerprint density at radius 3 is 0.506 bits per heavy atom. The Morgan fingerprint density at radius 2 is 0.349 bits per heavy atom. The molecule has 0 saturated carbocycles. The summed E-state index contributed by atoms with van der Waals surface area (Å²) in [6.45, 7) is 10.6. The van der Waals surface area contributed by atoms with Crippen LogP contribution in [-0.2, 0) is 38.1 Å². The molecule has 492 valence electrons. The third kappa shape index (κ3) is 58.7. The molecule has 0 aromatic rings. The van der Waals surface area contributed by atoms with Crippen LogP contribution in [0.25, 0.3) is 0 Å². The van der Waals surface area contributed by atoms with Crippen LogP contribution in [0.2, 0.25) is 0 Å². The normalized spacial score (nSPS) is 12.0. The lowest BCUT2D eigenvalue weighted by atomic mass is 10.0. The monoisotopic (exact) mass is 1170 g/mol. The lowest BCUT2D eigenvalue weighted by Gasteiger charge is -2.35. The average Bonchev–Trinajstić information content (AvgIpc) is 3.68. The topological polar surface area (TPSA) is 105 Å². The fourth-order valence-electron chi connectivity index (χ4n) is 11.8. The van der Waals surface area contributed by atoms with E-state index < -0.39 is 36.0 Å². The van der Waals surface area contributed by atoms with Gasteiger partial charge in [-0.2, -0.15) is 0 Å². The van der Waals surface area contributed by atoms with Crippen molar-refractivity contribution < 1.29 is 38.1 Å². The molecule has 8 nitrogen and oxygen atoms in total. The first kappa shape index (κ1) is 80.9. The number of hydrogen-bond acceptors (Lipinski definition) is 8. The van der Waals surface area contributed by atoms with Gasteiger partial charge in [0.2, 0.25) is 6.10 Å². The zero-order chi connectivity index (χ0) is 60.5. The fraction of sp³-hybridized carbons (Fsp3) is 0.947. The Bertz CT molecular complexity index is 1250. The van der Waals surface area contributed by atoms with Crippen LogP contribution >= 0.6 is 0 Å². The third-order valence-corrected chi connectivity index (χ3v) is 17.5. The van der Waals surface area contributed by atoms with Crippen molar-refractivity contribution in [2.75, 3.05) is 0 Å². The summed E-state index contributed by atoms with van der Waals surface area (Å²) in [5, 5.41) is 0. The summed E-state index contributed by atoms with van der Waals surface area (Å²) in [4.78, 5) is 55.1. The van der Waals surface area contributed by atoms with Gasteiger partial charge in [0.15, 0.2) is 0 Å². The van der Waals surface area contributed by atoms with Crippen LogP contribution in [0.3, 0.4) is 0 Å². The highest BCUT2D eigenvalue weighted by atomic mass is 16.9. The van der Waals surface area contributed by atoms with Gasteiger partial charge in [-0.1, -0.05) is 387 Å². The van der Waals surface area contributed by atoms with E-state index in [1.165, 1.54) is 289 Å². The SMILES string of the molecule is CCCCCCCCCCCCCCCCCC(=O)OC(C)C(OC(=O)CCCCCCCCCCCCCCCCC)(OC(=O)CCCCCCCCCCCCCCCCC)OC(=O)CCCCCCCCCCCCCCCCC. The Morgan fingerprint density at radius 1 is 0.217 bits per heavy atom. The molecular weight excluding hydrogens is 1030 g/mol. The summed E-state index contributed by atoms with van der Waals surface area (Å²) in [7, 11) is 0. The number of unbranched alkanes of at least 4 members (excludes halogenated alkanes) is 56. The van der Waals surface area contributed by atoms with Crippen LogP contribution < -0.4 is 0 Å². The quantitative estimate of drug-likeness (QED) is 0.0337. The van der Waals surface area contributed by atoms with Crippen molar-refractivity contribution in [2.45, 2.75) is 458 Å². The molecule has 0 N–H and O–H groups in total. The van der Waals surface area contributed by atoms with Crippen LogP contribution in [0.5, 0.6) is 0 Å². The first-order valence-electron chi connectivity index (χ1n) is 37.6. The second kappa shape index (κ2) is 65.8. The maximum absolute atomic E-state index is 13.8. The summed E-state index contributed by atoms with van der Waals surface area (Å²) in [6, 6.07) is 0. The van der Waals surface area contributed by atoms with Gasteiger partial charge < -0.3 is 18.9 Å². The highest BCUT2D eigenvalue weighted by Gasteiger charge is 2.51. The Balaban J connectivity index is 5.55. The predicted octanol–water partition coefficient (Wildman–Crippen LogP) is 25.2. The zero-order valence-corrected chi connectivity index (χ0v) is 56.6. The third-order valence-electron chi connectivity index (χ3n) is 17.5. The Hall–Kier alpha value is -2.12. The van der Waals surface area contributed by atoms with E-state index in [0.717, 1.165) is 77.0 Å². The van der Waals surface area contributed by atoms with E-state index in [9.17, 15) is 19.2 Å². The van der Waals surface area contributed by atoms with Gasteiger partial charge in [-0.15, -0.1) is 0 Å². The van der Waals surface area contributed by atoms with Crippen molar-refractivity contribution in [1.82, 2.24) is 0 Å². The van der Waals surface area contributed by atoms with E-state index in [0.29, 0.717) is 25.7 Å². The van der Waals surface area contributed by atoms with Crippen molar-refractivity contribution in [3.63, 3.8) is 0 Å². The van der Waals surface area contributed by atoms with E-state index in [-0.39, 0.29) is 25.7 Å². The molecule has 0 amide bonds. The maximum Gasteiger partial charge on any atom is 0.462 e. The van der Waals surface area contributed by atoms with Crippen LogP contribution in [0.15, 0.2) is 0 Å². The molecule has 8 heteroatoms. The minimum Gasteiger partial charge on any atom is -0.450 e. The summed E-state index contributed by atoms with van der Waals surface area (Å²) in [5.41, 5.74) is 0. The molecule has 0 heterocycles. The summed E-state index contributed by atoms with van der Waals surface area (Å²) in [6.07, 6.45) is 72.3. The van der Waals surface area contributed by atoms with Crippen LogP contribution in [0, 0.1) is 0 Å². The Labute approximate surface area is 517 Å². The smallest absolute Gasteiger partial charge is 0.450 e. The second-order valence-corrected chi connectivity index (χ2v) is 26.0. The van der Waals surface area contributed by atoms with Gasteiger partial charge in [0, 0.05) is 25.7 Å². The van der Waals surface area contributed by atoms with Crippen LogP contribution in [0.4, 0.5) is 0 Å². The summed E-state index contributed by atoms with van der Waals surface area (Å²) in [5.74, 6) is -4.83. The molecule has 0 aromatic heterocycles. The van der Waals surface area contributed by atoms with E-state index in [1.807, 2.05) is 0 Å². The molecule has 0 aromatic carbocycles. The van der Waals surface area contributed by atoms with Crippen LogP contribution in [0.1, 0.15) is 446 Å². The number of esters is 4. The van der Waals surface area contributed by atoms with E-state index in [1.54, 1.807) is 0 Å². The highest BCUT2D eigenvalue weighted by molar-refractivity contribution is 5.74. The first-order valence-corrected chi connectivity index (χ1v) is 37.6. The molecule has 0 aliphatic rings. The molecule has 1 atom stereocenters. The molecule has 83 heavy (non-hydrogen) atoms. The first-order chi connectivity index (χ1) is 40.7. The molecule has 0 spiro atoms. The number of carbonyl (C=O) groups excluding carboxylic acids is 4. The van der Waals surface area contributed by atoms with Crippen molar-refractivity contribution in [2.24, 2.45) is 0 Å². The largest absolute Gasteiger partial charge is 0.462 e. The molecular formula is C75H144O8. The number of rotatable bonds is 69. The van der Waals surface area contributed by atoms with Crippen molar-refractivity contribution >= 4 is 23.9 Å². The molecule has 0 fully saturated rings. The second-order valence-electron chi connectivity index (χ2n) is 26.0. The van der Waals surface area contributed by atoms with Gasteiger partial charge in [0.05, 0.1) is 0 Å². The lowest BCUT2D eigenvalue weighted by molar-refractivity contribution is -0.361. The summed E-state index contributed by atoms with van der Waals surface area (Å²) >= 11 is 0. The maximum atomic E-state index is 13.8.